The number of fused-ring (bicyclic) bond motifs is 1. The maximum Gasteiger partial charge on any atom is 0.121 e. The van der Waals surface area contributed by atoms with Gasteiger partial charge in [-0.05, 0) is 25.5 Å². The van der Waals surface area contributed by atoms with Crippen molar-refractivity contribution in [1.29, 1.82) is 0 Å². The predicted octanol–water partition coefficient (Wildman–Crippen LogP) is 2.34. The van der Waals surface area contributed by atoms with Crippen LogP contribution >= 0.6 is 0 Å². The highest BCUT2D eigenvalue weighted by atomic mass is 16.5. The first-order chi connectivity index (χ1) is 7.20. The number of hydrogen-bond acceptors (Lipinski definition) is 3. The van der Waals surface area contributed by atoms with Crippen molar-refractivity contribution in [3.05, 3.63) is 18.2 Å². The minimum absolute atomic E-state index is 0.530. The van der Waals surface area contributed by atoms with Crippen molar-refractivity contribution >= 4 is 11.4 Å². The van der Waals surface area contributed by atoms with Crippen LogP contribution in [0, 0.1) is 0 Å². The summed E-state index contributed by atoms with van der Waals surface area (Å²) in [6.45, 7) is 3.29. The number of nitrogens with one attached hydrogen (secondary N) is 1. The Kier molecular flexibility index (Phi) is 2.71. The highest BCUT2D eigenvalue weighted by Gasteiger charge is 2.15. The Morgan fingerprint density at radius 3 is 3.00 bits per heavy atom. The van der Waals surface area contributed by atoms with Gasteiger partial charge in [0.15, 0.2) is 0 Å². The molecule has 0 fully saturated rings. The molecular weight excluding hydrogens is 188 g/mol. The van der Waals surface area contributed by atoms with Crippen LogP contribution in [0.4, 0.5) is 11.4 Å². The molecule has 0 aromatic heterocycles. The third-order valence-corrected chi connectivity index (χ3v) is 2.92. The fraction of sp³-hybridized carbons (Fsp3) is 0.500. The van der Waals surface area contributed by atoms with Gasteiger partial charge >= 0.3 is 0 Å². The Hall–Kier alpha value is -1.38. The smallest absolute Gasteiger partial charge is 0.121 e. The molecule has 1 aliphatic rings. The summed E-state index contributed by atoms with van der Waals surface area (Å²) in [5, 5.41) is 3.51. The Morgan fingerprint density at radius 1 is 1.47 bits per heavy atom. The maximum atomic E-state index is 5.24. The van der Waals surface area contributed by atoms with Crippen molar-refractivity contribution in [3.8, 4) is 5.75 Å². The molecule has 1 heterocycles. The standard InChI is InChI=1S/C12H18N2O/c1-9-6-7-14(2)12-8-10(15-3)4-5-11(12)13-9/h4-5,8-9,13H,6-7H2,1-3H3. The molecule has 3 heteroatoms. The largest absolute Gasteiger partial charge is 0.497 e. The number of methoxy groups -OCH3 is 1. The number of anilines is 2. The molecule has 0 aliphatic carbocycles. The van der Waals surface area contributed by atoms with Gasteiger partial charge in [0.2, 0.25) is 0 Å². The van der Waals surface area contributed by atoms with Gasteiger partial charge < -0.3 is 15.0 Å². The molecule has 3 nitrogen and oxygen atoms in total. The number of benzene rings is 1. The molecule has 1 atom stereocenters. The van der Waals surface area contributed by atoms with Gasteiger partial charge in [0.25, 0.3) is 0 Å². The van der Waals surface area contributed by atoms with E-state index < -0.39 is 0 Å². The van der Waals surface area contributed by atoms with E-state index in [0.29, 0.717) is 6.04 Å². The van der Waals surface area contributed by atoms with E-state index in [1.807, 2.05) is 6.07 Å². The van der Waals surface area contributed by atoms with Gasteiger partial charge in [0, 0.05) is 25.7 Å². The quantitative estimate of drug-likeness (QED) is 0.763. The summed E-state index contributed by atoms with van der Waals surface area (Å²) in [6.07, 6.45) is 1.16. The second-order valence-electron chi connectivity index (χ2n) is 4.14. The highest BCUT2D eigenvalue weighted by molar-refractivity contribution is 5.72. The average Bonchev–Trinajstić information content (AvgIpc) is 2.39. The van der Waals surface area contributed by atoms with E-state index in [4.69, 9.17) is 4.74 Å². The average molecular weight is 206 g/mol. The molecule has 0 radical (unpaired) electrons. The monoisotopic (exact) mass is 206 g/mol. The molecule has 0 amide bonds. The summed E-state index contributed by atoms with van der Waals surface area (Å²) in [5.74, 6) is 0.914. The lowest BCUT2D eigenvalue weighted by Gasteiger charge is -2.19. The van der Waals surface area contributed by atoms with Gasteiger partial charge in [-0.2, -0.15) is 0 Å². The van der Waals surface area contributed by atoms with Crippen molar-refractivity contribution in [2.45, 2.75) is 19.4 Å². The molecule has 1 aliphatic heterocycles. The molecule has 0 saturated carbocycles. The van der Waals surface area contributed by atoms with Crippen LogP contribution in [0.15, 0.2) is 18.2 Å². The fourth-order valence-electron chi connectivity index (χ4n) is 1.92. The maximum absolute atomic E-state index is 5.24. The van der Waals surface area contributed by atoms with E-state index in [-0.39, 0.29) is 0 Å². The van der Waals surface area contributed by atoms with E-state index in [0.717, 1.165) is 18.7 Å². The van der Waals surface area contributed by atoms with Crippen LogP contribution in [0.5, 0.6) is 5.75 Å². The third kappa shape index (κ3) is 2.01. The number of ether oxygens (including phenoxy) is 1. The minimum atomic E-state index is 0.530. The zero-order chi connectivity index (χ0) is 10.8. The number of nitrogens with zero attached hydrogens (tertiary/aromatic N) is 1. The summed E-state index contributed by atoms with van der Waals surface area (Å²) >= 11 is 0. The van der Waals surface area contributed by atoms with Crippen LogP contribution in [0.1, 0.15) is 13.3 Å². The fourth-order valence-corrected chi connectivity index (χ4v) is 1.92. The molecule has 15 heavy (non-hydrogen) atoms. The van der Waals surface area contributed by atoms with Crippen LogP contribution < -0.4 is 15.0 Å². The Morgan fingerprint density at radius 2 is 2.27 bits per heavy atom. The van der Waals surface area contributed by atoms with Gasteiger partial charge in [-0.3, -0.25) is 0 Å². The predicted molar refractivity (Wildman–Crippen MR) is 64.0 cm³/mol. The number of rotatable bonds is 1. The van der Waals surface area contributed by atoms with Crippen molar-refractivity contribution in [2.24, 2.45) is 0 Å². The highest BCUT2D eigenvalue weighted by Crippen LogP contribution is 2.32. The Bertz CT molecular complexity index is 351. The van der Waals surface area contributed by atoms with Gasteiger partial charge in [-0.1, -0.05) is 0 Å². The van der Waals surface area contributed by atoms with E-state index in [1.54, 1.807) is 7.11 Å². The molecule has 0 saturated heterocycles. The molecule has 1 aromatic carbocycles. The van der Waals surface area contributed by atoms with Crippen molar-refractivity contribution < 1.29 is 4.74 Å². The summed E-state index contributed by atoms with van der Waals surface area (Å²) < 4.78 is 5.24. The van der Waals surface area contributed by atoms with Crippen molar-refractivity contribution in [1.82, 2.24) is 0 Å². The van der Waals surface area contributed by atoms with E-state index in [1.165, 1.54) is 11.4 Å². The molecule has 1 N–H and O–H groups in total. The Balaban J connectivity index is 2.39. The molecule has 0 bridgehead atoms. The van der Waals surface area contributed by atoms with Gasteiger partial charge in [0.1, 0.15) is 5.75 Å². The molecular formula is C12H18N2O. The summed E-state index contributed by atoms with van der Waals surface area (Å²) in [4.78, 5) is 2.27. The zero-order valence-corrected chi connectivity index (χ0v) is 9.58. The summed E-state index contributed by atoms with van der Waals surface area (Å²) in [5.41, 5.74) is 2.42. The molecule has 1 unspecified atom stereocenters. The van der Waals surface area contributed by atoms with Gasteiger partial charge in [-0.15, -0.1) is 0 Å². The lowest BCUT2D eigenvalue weighted by atomic mass is 10.2. The Labute approximate surface area is 91.0 Å². The molecule has 82 valence electrons. The van der Waals surface area contributed by atoms with Crippen LogP contribution in [0.2, 0.25) is 0 Å². The first-order valence-corrected chi connectivity index (χ1v) is 5.36. The van der Waals surface area contributed by atoms with Crippen LogP contribution in [0.25, 0.3) is 0 Å². The second-order valence-corrected chi connectivity index (χ2v) is 4.14. The first-order valence-electron chi connectivity index (χ1n) is 5.36. The summed E-state index contributed by atoms with van der Waals surface area (Å²) in [7, 11) is 3.83. The van der Waals surface area contributed by atoms with E-state index in [2.05, 4.69) is 36.3 Å². The summed E-state index contributed by atoms with van der Waals surface area (Å²) in [6, 6.07) is 6.70. The van der Waals surface area contributed by atoms with E-state index in [9.17, 15) is 0 Å². The van der Waals surface area contributed by atoms with Gasteiger partial charge in [-0.25, -0.2) is 0 Å². The van der Waals surface area contributed by atoms with Crippen LogP contribution in [-0.4, -0.2) is 26.7 Å². The zero-order valence-electron chi connectivity index (χ0n) is 9.58. The third-order valence-electron chi connectivity index (χ3n) is 2.92. The number of hydrogen-bond donors (Lipinski definition) is 1. The topological polar surface area (TPSA) is 24.5 Å². The van der Waals surface area contributed by atoms with E-state index >= 15 is 0 Å². The molecule has 2 rings (SSSR count). The lowest BCUT2D eigenvalue weighted by molar-refractivity contribution is 0.415. The lowest BCUT2D eigenvalue weighted by Crippen LogP contribution is -2.19. The van der Waals surface area contributed by atoms with Crippen molar-refractivity contribution in [2.75, 3.05) is 30.9 Å². The normalized spacial score (nSPS) is 20.2. The van der Waals surface area contributed by atoms with Crippen LogP contribution in [-0.2, 0) is 0 Å². The first kappa shape index (κ1) is 10.1. The minimum Gasteiger partial charge on any atom is -0.497 e. The second kappa shape index (κ2) is 4.01. The van der Waals surface area contributed by atoms with Gasteiger partial charge in [0.05, 0.1) is 18.5 Å². The molecule has 1 aromatic rings. The SMILES string of the molecule is COc1ccc2c(c1)N(C)CCC(C)N2. The van der Waals surface area contributed by atoms with Crippen LogP contribution in [0.3, 0.4) is 0 Å². The van der Waals surface area contributed by atoms with Crippen molar-refractivity contribution in [3.63, 3.8) is 0 Å². The molecule has 0 spiro atoms.